The molecule has 115 heavy (non-hydrogen) atoms. The quantitative estimate of drug-likeness (QED) is 0.133. The molecule has 0 aliphatic heterocycles. The zero-order valence-corrected chi connectivity index (χ0v) is 66.7. The third-order valence-corrected chi connectivity index (χ3v) is 23.8. The van der Waals surface area contributed by atoms with Crippen molar-refractivity contribution in [3.05, 3.63) is 432 Å². The van der Waals surface area contributed by atoms with Crippen molar-refractivity contribution >= 4 is 86.2 Å². The summed E-state index contributed by atoms with van der Waals surface area (Å²) in [5.74, 6) is 0. The van der Waals surface area contributed by atoms with E-state index in [4.69, 9.17) is 0 Å². The molecule has 0 amide bonds. The van der Waals surface area contributed by atoms with Crippen LogP contribution in [-0.2, 0) is 12.8 Å². The van der Waals surface area contributed by atoms with Gasteiger partial charge in [-0.05, 0) is 277 Å². The Morgan fingerprint density at radius 3 is 0.800 bits per heavy atom. The van der Waals surface area contributed by atoms with E-state index < -0.39 is 0 Å². The van der Waals surface area contributed by atoms with Crippen LogP contribution < -0.4 is 0 Å². The van der Waals surface area contributed by atoms with E-state index in [2.05, 4.69) is 431 Å². The molecular weight excluding hydrogens is 1380 g/mol. The average molecular weight is 1470 g/mol. The Balaban J connectivity index is 0.000000107. The standard InChI is InChI=1S/C31H26.C30H26.2C27H20/c1-21-17-19-23(20-18-21)30-26-12-4-6-14-28(26)31(29-15-7-5-13-27(29)30)25-16-8-10-22-9-2-3-11-24(22)25;1-19-13-15-23(16-14-19)29-24-9-5-7-11-26(24)30(27-12-8-6-10-25(27)29)28-21(3)17-20(2)18-22(28)4;1-19-10-9-13-21(18-19)27-24-16-7-5-14-22(24)26(20-11-3-2-4-12-20)23-15-6-8-17-25(23)27;1-19-11-5-6-14-21(19)27-24-17-9-7-15-22(24)26(20-12-3-2-4-13-20)23-16-8-10-18-25(23)27/h4-8,10,12-20H,2-3,9,11H2,1H3;5-18H,1-4H3;2*2-18H,1H3. The van der Waals surface area contributed by atoms with Crippen molar-refractivity contribution in [2.24, 2.45) is 0 Å². The number of hydrogen-bond acceptors (Lipinski definition) is 0. The molecule has 0 heteroatoms. The highest BCUT2D eigenvalue weighted by Gasteiger charge is 2.24. The fourth-order valence-corrected chi connectivity index (χ4v) is 18.8. The molecule has 0 radical (unpaired) electrons. The summed E-state index contributed by atoms with van der Waals surface area (Å²) in [7, 11) is 0. The van der Waals surface area contributed by atoms with Gasteiger partial charge in [-0.2, -0.15) is 0 Å². The van der Waals surface area contributed by atoms with Crippen molar-refractivity contribution in [1.29, 1.82) is 0 Å². The minimum Gasteiger partial charge on any atom is -0.0622 e. The van der Waals surface area contributed by atoms with Crippen LogP contribution in [0.15, 0.2) is 382 Å². The van der Waals surface area contributed by atoms with Gasteiger partial charge in [-0.25, -0.2) is 0 Å². The van der Waals surface area contributed by atoms with Crippen LogP contribution in [0, 0.1) is 48.5 Å². The fraction of sp³-hybridized carbons (Fsp3) is 0.0957. The Morgan fingerprint density at radius 1 is 0.157 bits per heavy atom. The summed E-state index contributed by atoms with van der Waals surface area (Å²) in [5.41, 5.74) is 33.5. The van der Waals surface area contributed by atoms with E-state index in [1.165, 1.54) is 240 Å². The Labute approximate surface area is 677 Å². The lowest BCUT2D eigenvalue weighted by atomic mass is 9.81. The van der Waals surface area contributed by atoms with Crippen molar-refractivity contribution in [2.45, 2.75) is 74.1 Å². The highest BCUT2D eigenvalue weighted by Crippen LogP contribution is 2.50. The second-order valence-electron chi connectivity index (χ2n) is 31.4. The number of fused-ring (bicyclic) bond motifs is 9. The highest BCUT2D eigenvalue weighted by atomic mass is 14.3. The van der Waals surface area contributed by atoms with Crippen LogP contribution in [0.4, 0.5) is 0 Å². The van der Waals surface area contributed by atoms with Gasteiger partial charge in [0.2, 0.25) is 0 Å². The van der Waals surface area contributed by atoms with E-state index in [1.54, 1.807) is 11.1 Å². The fourth-order valence-electron chi connectivity index (χ4n) is 18.8. The minimum atomic E-state index is 1.19. The number of rotatable bonds is 8. The first-order valence-corrected chi connectivity index (χ1v) is 40.8. The first-order chi connectivity index (χ1) is 56.5. The lowest BCUT2D eigenvalue weighted by Gasteiger charge is -2.23. The minimum absolute atomic E-state index is 1.19. The van der Waals surface area contributed by atoms with Crippen molar-refractivity contribution in [3.63, 3.8) is 0 Å². The van der Waals surface area contributed by atoms with Gasteiger partial charge in [0.1, 0.15) is 0 Å². The summed E-state index contributed by atoms with van der Waals surface area (Å²) >= 11 is 0. The molecule has 0 aromatic heterocycles. The third kappa shape index (κ3) is 13.9. The summed E-state index contributed by atoms with van der Waals surface area (Å²) < 4.78 is 0. The zero-order chi connectivity index (χ0) is 78.0. The van der Waals surface area contributed by atoms with Gasteiger partial charge in [-0.1, -0.05) is 404 Å². The van der Waals surface area contributed by atoms with Crippen LogP contribution >= 0.6 is 0 Å². The lowest BCUT2D eigenvalue weighted by molar-refractivity contribution is 0.687. The number of hydrogen-bond donors (Lipinski definition) is 0. The van der Waals surface area contributed by atoms with E-state index in [0.29, 0.717) is 0 Å². The zero-order valence-electron chi connectivity index (χ0n) is 66.7. The van der Waals surface area contributed by atoms with Gasteiger partial charge in [-0.3, -0.25) is 0 Å². The molecule has 1 aliphatic rings. The monoisotopic (exact) mass is 1470 g/mol. The van der Waals surface area contributed by atoms with Crippen LogP contribution in [0.5, 0.6) is 0 Å². The number of aryl methyl sites for hydroxylation is 8. The second-order valence-corrected chi connectivity index (χ2v) is 31.4. The molecule has 20 aromatic rings. The summed E-state index contributed by atoms with van der Waals surface area (Å²) in [5, 5.41) is 21.1. The first-order valence-electron chi connectivity index (χ1n) is 40.8. The Kier molecular flexibility index (Phi) is 20.3. The Hall–Kier alpha value is -13.5. The second kappa shape index (κ2) is 31.9. The van der Waals surface area contributed by atoms with Crippen molar-refractivity contribution in [2.75, 3.05) is 0 Å². The molecule has 0 N–H and O–H groups in total. The van der Waals surface area contributed by atoms with E-state index in [1.807, 2.05) is 0 Å². The van der Waals surface area contributed by atoms with Gasteiger partial charge in [0, 0.05) is 0 Å². The van der Waals surface area contributed by atoms with Crippen LogP contribution in [0.3, 0.4) is 0 Å². The van der Waals surface area contributed by atoms with Gasteiger partial charge in [-0.15, -0.1) is 0 Å². The molecule has 0 atom stereocenters. The molecular formula is C115H92. The van der Waals surface area contributed by atoms with Gasteiger partial charge in [0.05, 0.1) is 0 Å². The normalized spacial score (nSPS) is 11.8. The molecule has 0 saturated heterocycles. The van der Waals surface area contributed by atoms with E-state index in [-0.39, 0.29) is 0 Å². The first kappa shape index (κ1) is 73.0. The van der Waals surface area contributed by atoms with Crippen LogP contribution in [0.1, 0.15) is 62.9 Å². The van der Waals surface area contributed by atoms with E-state index in [9.17, 15) is 0 Å². The van der Waals surface area contributed by atoms with Crippen LogP contribution in [0.25, 0.3) is 175 Å². The molecule has 21 rings (SSSR count). The highest BCUT2D eigenvalue weighted by molar-refractivity contribution is 6.26. The maximum absolute atomic E-state index is 2.35. The lowest BCUT2D eigenvalue weighted by Crippen LogP contribution is -2.04. The van der Waals surface area contributed by atoms with Crippen molar-refractivity contribution < 1.29 is 0 Å². The molecule has 0 bridgehead atoms. The van der Waals surface area contributed by atoms with Crippen LogP contribution in [-0.4, -0.2) is 0 Å². The molecule has 0 unspecified atom stereocenters. The third-order valence-electron chi connectivity index (χ3n) is 23.8. The van der Waals surface area contributed by atoms with Gasteiger partial charge in [0.25, 0.3) is 0 Å². The predicted octanol–water partition coefficient (Wildman–Crippen LogP) is 32.3. The molecule has 0 saturated carbocycles. The summed E-state index contributed by atoms with van der Waals surface area (Å²) in [6, 6.07) is 139. The van der Waals surface area contributed by atoms with E-state index >= 15 is 0 Å². The average Bonchev–Trinajstić information content (AvgIpc) is 0.747. The molecule has 552 valence electrons. The summed E-state index contributed by atoms with van der Waals surface area (Å²) in [6.45, 7) is 15.3. The summed E-state index contributed by atoms with van der Waals surface area (Å²) in [4.78, 5) is 0. The van der Waals surface area contributed by atoms with Crippen molar-refractivity contribution in [1.82, 2.24) is 0 Å². The smallest absolute Gasteiger partial charge is 0.00210 e. The molecule has 0 fully saturated rings. The van der Waals surface area contributed by atoms with Crippen molar-refractivity contribution in [3.8, 4) is 89.0 Å². The molecule has 20 aromatic carbocycles. The topological polar surface area (TPSA) is 0 Å². The predicted molar refractivity (Wildman–Crippen MR) is 499 cm³/mol. The molecule has 1 aliphatic carbocycles. The maximum atomic E-state index is 2.35. The maximum Gasteiger partial charge on any atom is -0.00210 e. The molecule has 0 nitrogen and oxygen atoms in total. The van der Waals surface area contributed by atoms with E-state index in [0.717, 1.165) is 0 Å². The number of benzene rings is 20. The van der Waals surface area contributed by atoms with Gasteiger partial charge >= 0.3 is 0 Å². The Bertz CT molecular complexity index is 6790. The van der Waals surface area contributed by atoms with Gasteiger partial charge in [0.15, 0.2) is 0 Å². The summed E-state index contributed by atoms with van der Waals surface area (Å²) in [6.07, 6.45) is 5.00. The SMILES string of the molecule is Cc1ccc(-c2c3ccccc3c(-c3c(C)cc(C)cc3C)c3ccccc23)cc1.Cc1ccc(-c2c3ccccc3c(-c3cccc4c3CCCC4)c3ccccc23)cc1.Cc1cccc(-c2c3ccccc3c(-c3ccccc3)c3ccccc23)c1.Cc1ccccc1-c1c2ccccc2c(-c2ccccc2)c2ccccc12. The largest absolute Gasteiger partial charge is 0.0622 e. The van der Waals surface area contributed by atoms with Gasteiger partial charge < -0.3 is 0 Å². The Morgan fingerprint density at radius 2 is 0.435 bits per heavy atom. The van der Waals surface area contributed by atoms with Crippen LogP contribution in [0.2, 0.25) is 0 Å². The molecule has 0 spiro atoms. The molecule has 0 heterocycles.